The van der Waals surface area contributed by atoms with Gasteiger partial charge in [0.05, 0.1) is 10.5 Å². The molecule has 1 heterocycles. The van der Waals surface area contributed by atoms with Gasteiger partial charge in [0.2, 0.25) is 0 Å². The van der Waals surface area contributed by atoms with Gasteiger partial charge in [0.15, 0.2) is 0 Å². The van der Waals surface area contributed by atoms with E-state index in [0.29, 0.717) is 11.4 Å². The Labute approximate surface area is 93.3 Å². The Bertz CT molecular complexity index is 482. The van der Waals surface area contributed by atoms with Crippen molar-refractivity contribution < 1.29 is 0 Å². The Balaban J connectivity index is 2.50. The van der Waals surface area contributed by atoms with E-state index in [4.69, 9.17) is 17.3 Å². The van der Waals surface area contributed by atoms with Crippen molar-refractivity contribution in [2.24, 2.45) is 5.73 Å². The molecule has 2 N–H and O–H groups in total. The van der Waals surface area contributed by atoms with Crippen molar-refractivity contribution in [1.82, 2.24) is 9.97 Å². The molecule has 0 fully saturated rings. The summed E-state index contributed by atoms with van der Waals surface area (Å²) in [7, 11) is 0. The summed E-state index contributed by atoms with van der Waals surface area (Å²) in [6.45, 7) is 1.93. The van der Waals surface area contributed by atoms with Crippen molar-refractivity contribution in [3.8, 4) is 0 Å². The molecule has 1 atom stereocenters. The summed E-state index contributed by atoms with van der Waals surface area (Å²) in [5.74, 6) is 0.741. The first-order valence-electron chi connectivity index (χ1n) is 4.82. The highest BCUT2D eigenvalue weighted by Crippen LogP contribution is 2.20. The molecule has 2 aromatic rings. The van der Waals surface area contributed by atoms with E-state index in [1.807, 2.05) is 25.1 Å². The molecule has 0 saturated carbocycles. The molecular weight excluding hydrogens is 210 g/mol. The number of hydrogen-bond donors (Lipinski definition) is 1. The molecule has 0 aliphatic rings. The number of hydrogen-bond acceptors (Lipinski definition) is 3. The number of rotatable bonds is 2. The predicted octanol–water partition coefficient (Wildman–Crippen LogP) is 2.17. The monoisotopic (exact) mass is 221 g/mol. The lowest BCUT2D eigenvalue weighted by Gasteiger charge is -2.05. The minimum Gasteiger partial charge on any atom is -0.328 e. The predicted molar refractivity (Wildman–Crippen MR) is 61.9 cm³/mol. The number of fused-ring (bicyclic) bond motifs is 1. The molecule has 0 spiro atoms. The van der Waals surface area contributed by atoms with Crippen molar-refractivity contribution in [2.75, 3.05) is 0 Å². The van der Waals surface area contributed by atoms with E-state index in [0.717, 1.165) is 16.7 Å². The molecular formula is C11H12ClN3. The second-order valence-electron chi connectivity index (χ2n) is 3.65. The summed E-state index contributed by atoms with van der Waals surface area (Å²) in [6, 6.07) is 5.72. The van der Waals surface area contributed by atoms with Gasteiger partial charge in [-0.25, -0.2) is 9.97 Å². The third kappa shape index (κ3) is 2.25. The molecule has 0 saturated heterocycles. The molecule has 0 amide bonds. The molecule has 3 nitrogen and oxygen atoms in total. The number of benzene rings is 1. The number of halogens is 1. The largest absolute Gasteiger partial charge is 0.328 e. The zero-order valence-electron chi connectivity index (χ0n) is 8.44. The lowest BCUT2D eigenvalue weighted by molar-refractivity contribution is 0.705. The average Bonchev–Trinajstić information content (AvgIpc) is 2.18. The average molecular weight is 222 g/mol. The zero-order valence-corrected chi connectivity index (χ0v) is 9.20. The van der Waals surface area contributed by atoms with Crippen molar-refractivity contribution in [3.63, 3.8) is 0 Å². The van der Waals surface area contributed by atoms with Gasteiger partial charge in [-0.1, -0.05) is 23.7 Å². The van der Waals surface area contributed by atoms with Gasteiger partial charge in [-0.15, -0.1) is 0 Å². The third-order valence-electron chi connectivity index (χ3n) is 2.12. The van der Waals surface area contributed by atoms with Gasteiger partial charge in [-0.2, -0.15) is 0 Å². The quantitative estimate of drug-likeness (QED) is 0.846. The topological polar surface area (TPSA) is 51.8 Å². The molecule has 15 heavy (non-hydrogen) atoms. The Morgan fingerprint density at radius 2 is 2.27 bits per heavy atom. The Hall–Kier alpha value is -1.19. The maximum absolute atomic E-state index is 6.04. The van der Waals surface area contributed by atoms with Crippen LogP contribution in [0.25, 0.3) is 10.9 Å². The third-order valence-corrected chi connectivity index (χ3v) is 2.42. The second kappa shape index (κ2) is 4.13. The van der Waals surface area contributed by atoms with Crippen LogP contribution in [0.3, 0.4) is 0 Å². The molecule has 0 aliphatic carbocycles. The van der Waals surface area contributed by atoms with Crippen LogP contribution in [0, 0.1) is 0 Å². The van der Waals surface area contributed by atoms with Crippen molar-refractivity contribution in [1.29, 1.82) is 0 Å². The van der Waals surface area contributed by atoms with Gasteiger partial charge < -0.3 is 5.73 Å². The van der Waals surface area contributed by atoms with Gasteiger partial charge in [-0.05, 0) is 13.0 Å². The summed E-state index contributed by atoms with van der Waals surface area (Å²) in [5, 5.41) is 1.61. The fraction of sp³-hybridized carbons (Fsp3) is 0.273. The molecule has 1 aromatic carbocycles. The maximum atomic E-state index is 6.04. The van der Waals surface area contributed by atoms with Crippen LogP contribution in [0.4, 0.5) is 0 Å². The van der Waals surface area contributed by atoms with Crippen molar-refractivity contribution in [2.45, 2.75) is 19.4 Å². The highest BCUT2D eigenvalue weighted by Gasteiger charge is 2.04. The molecule has 0 aliphatic heterocycles. The standard InChI is InChI=1S/C11H12ClN3/c1-7(13)5-10-14-6-8-3-2-4-9(12)11(8)15-10/h2-4,6-7H,5,13H2,1H3. The molecule has 78 valence electrons. The van der Waals surface area contributed by atoms with Crippen LogP contribution in [0.15, 0.2) is 24.4 Å². The number of aromatic nitrogens is 2. The molecule has 0 bridgehead atoms. The normalized spacial score (nSPS) is 13.0. The van der Waals surface area contributed by atoms with Crippen molar-refractivity contribution in [3.05, 3.63) is 35.2 Å². The zero-order chi connectivity index (χ0) is 10.8. The van der Waals surface area contributed by atoms with Crippen LogP contribution in [-0.4, -0.2) is 16.0 Å². The molecule has 1 unspecified atom stereocenters. The first-order valence-corrected chi connectivity index (χ1v) is 5.20. The fourth-order valence-corrected chi connectivity index (χ4v) is 1.67. The van der Waals surface area contributed by atoms with Gasteiger partial charge in [0, 0.05) is 24.0 Å². The summed E-state index contributed by atoms with van der Waals surface area (Å²) in [5.41, 5.74) is 6.49. The first kappa shape index (κ1) is 10.3. The Kier molecular flexibility index (Phi) is 2.84. The Morgan fingerprint density at radius 3 is 3.00 bits per heavy atom. The van der Waals surface area contributed by atoms with Gasteiger partial charge >= 0.3 is 0 Å². The van der Waals surface area contributed by atoms with E-state index in [2.05, 4.69) is 9.97 Å². The van der Waals surface area contributed by atoms with Crippen molar-refractivity contribution >= 4 is 22.5 Å². The number of nitrogens with zero attached hydrogens (tertiary/aromatic N) is 2. The van der Waals surface area contributed by atoms with Crippen LogP contribution in [-0.2, 0) is 6.42 Å². The molecule has 1 aromatic heterocycles. The van der Waals surface area contributed by atoms with E-state index < -0.39 is 0 Å². The SMILES string of the molecule is CC(N)Cc1ncc2cccc(Cl)c2n1. The second-order valence-corrected chi connectivity index (χ2v) is 4.05. The summed E-state index contributed by atoms with van der Waals surface area (Å²) >= 11 is 6.04. The summed E-state index contributed by atoms with van der Waals surface area (Å²) < 4.78 is 0. The Morgan fingerprint density at radius 1 is 1.47 bits per heavy atom. The fourth-order valence-electron chi connectivity index (χ4n) is 1.44. The van der Waals surface area contributed by atoms with Crippen LogP contribution < -0.4 is 5.73 Å². The smallest absolute Gasteiger partial charge is 0.130 e. The first-order chi connectivity index (χ1) is 7.16. The van der Waals surface area contributed by atoms with Crippen LogP contribution in [0.2, 0.25) is 5.02 Å². The summed E-state index contributed by atoms with van der Waals surface area (Å²) in [6.07, 6.45) is 2.45. The van der Waals surface area contributed by atoms with Gasteiger partial charge in [-0.3, -0.25) is 0 Å². The molecule has 0 radical (unpaired) electrons. The van der Waals surface area contributed by atoms with E-state index in [-0.39, 0.29) is 6.04 Å². The van der Waals surface area contributed by atoms with Crippen LogP contribution in [0.1, 0.15) is 12.7 Å². The maximum Gasteiger partial charge on any atom is 0.130 e. The minimum absolute atomic E-state index is 0.0601. The lowest BCUT2D eigenvalue weighted by atomic mass is 10.2. The molecule has 2 rings (SSSR count). The van der Waals surface area contributed by atoms with E-state index in [1.165, 1.54) is 0 Å². The lowest BCUT2D eigenvalue weighted by Crippen LogP contribution is -2.19. The highest BCUT2D eigenvalue weighted by atomic mass is 35.5. The summed E-state index contributed by atoms with van der Waals surface area (Å²) in [4.78, 5) is 8.63. The minimum atomic E-state index is 0.0601. The van der Waals surface area contributed by atoms with Crippen LogP contribution >= 0.6 is 11.6 Å². The van der Waals surface area contributed by atoms with E-state index in [9.17, 15) is 0 Å². The van der Waals surface area contributed by atoms with Gasteiger partial charge in [0.1, 0.15) is 5.82 Å². The number of nitrogens with two attached hydrogens (primary N) is 1. The highest BCUT2D eigenvalue weighted by molar-refractivity contribution is 6.34. The molecule has 4 heteroatoms. The van der Waals surface area contributed by atoms with Crippen LogP contribution in [0.5, 0.6) is 0 Å². The van der Waals surface area contributed by atoms with Gasteiger partial charge in [0.25, 0.3) is 0 Å². The van der Waals surface area contributed by atoms with E-state index in [1.54, 1.807) is 6.20 Å². The van der Waals surface area contributed by atoms with E-state index >= 15 is 0 Å². The number of para-hydroxylation sites is 1.